The van der Waals surface area contributed by atoms with Crippen molar-refractivity contribution in [3.05, 3.63) is 70.8 Å². The fraction of sp³-hybridized carbons (Fsp3) is 0.263. The largest absolute Gasteiger partial charge is 0.371 e. The standard InChI is InChI=1S/C19H18N2O2/c1-21(19(22)15-8-6-14(11-20)7-9-15)12-18-10-16-4-2-3-5-17(16)13-23-18/h2-9,18H,10,12-13H2,1H3. The van der Waals surface area contributed by atoms with E-state index in [1.165, 1.54) is 11.1 Å². The van der Waals surface area contributed by atoms with Crippen LogP contribution in [0.4, 0.5) is 0 Å². The normalized spacial score (nSPS) is 16.3. The molecule has 0 bridgehead atoms. The average Bonchev–Trinajstić information content (AvgIpc) is 2.61. The first-order chi connectivity index (χ1) is 11.2. The molecule has 1 unspecified atom stereocenters. The Hall–Kier alpha value is -2.64. The van der Waals surface area contributed by atoms with E-state index in [9.17, 15) is 4.79 Å². The van der Waals surface area contributed by atoms with E-state index >= 15 is 0 Å². The van der Waals surface area contributed by atoms with E-state index in [-0.39, 0.29) is 12.0 Å². The lowest BCUT2D eigenvalue weighted by Crippen LogP contribution is -2.38. The van der Waals surface area contributed by atoms with Crippen LogP contribution in [0.1, 0.15) is 27.0 Å². The summed E-state index contributed by atoms with van der Waals surface area (Å²) in [6, 6.07) is 17.0. The lowest BCUT2D eigenvalue weighted by atomic mass is 9.99. The van der Waals surface area contributed by atoms with Gasteiger partial charge in [0.1, 0.15) is 0 Å². The second-order valence-corrected chi connectivity index (χ2v) is 5.78. The maximum atomic E-state index is 12.5. The van der Waals surface area contributed by atoms with Crippen LogP contribution in [0.5, 0.6) is 0 Å². The van der Waals surface area contributed by atoms with Crippen molar-refractivity contribution in [3.63, 3.8) is 0 Å². The predicted molar refractivity (Wildman–Crippen MR) is 86.8 cm³/mol. The van der Waals surface area contributed by atoms with Crippen molar-refractivity contribution in [2.24, 2.45) is 0 Å². The Morgan fingerprint density at radius 3 is 2.61 bits per heavy atom. The summed E-state index contributed by atoms with van der Waals surface area (Å²) in [6.07, 6.45) is 0.832. The van der Waals surface area contributed by atoms with Gasteiger partial charge in [0.15, 0.2) is 0 Å². The van der Waals surface area contributed by atoms with Gasteiger partial charge in [0.05, 0.1) is 24.3 Å². The van der Waals surface area contributed by atoms with Crippen molar-refractivity contribution >= 4 is 5.91 Å². The molecule has 0 N–H and O–H groups in total. The third-order valence-corrected chi connectivity index (χ3v) is 4.13. The van der Waals surface area contributed by atoms with Crippen LogP contribution >= 0.6 is 0 Å². The highest BCUT2D eigenvalue weighted by molar-refractivity contribution is 5.94. The minimum atomic E-state index is -0.0584. The summed E-state index contributed by atoms with van der Waals surface area (Å²) in [6.45, 7) is 1.15. The summed E-state index contributed by atoms with van der Waals surface area (Å²) < 4.78 is 5.86. The second-order valence-electron chi connectivity index (χ2n) is 5.78. The Kier molecular flexibility index (Phi) is 4.40. The van der Waals surface area contributed by atoms with Gasteiger partial charge in [-0.1, -0.05) is 24.3 Å². The molecule has 3 rings (SSSR count). The number of likely N-dealkylation sites (N-methyl/N-ethyl adjacent to an activating group) is 1. The van der Waals surface area contributed by atoms with Gasteiger partial charge >= 0.3 is 0 Å². The molecule has 1 heterocycles. The molecule has 2 aromatic carbocycles. The van der Waals surface area contributed by atoms with E-state index in [1.54, 1.807) is 36.2 Å². The summed E-state index contributed by atoms with van der Waals surface area (Å²) in [5.74, 6) is -0.0584. The number of carbonyl (C=O) groups excluding carboxylic acids is 1. The van der Waals surface area contributed by atoms with Crippen molar-refractivity contribution in [1.82, 2.24) is 4.90 Å². The Morgan fingerprint density at radius 2 is 1.91 bits per heavy atom. The van der Waals surface area contributed by atoms with Crippen LogP contribution in [0, 0.1) is 11.3 Å². The Morgan fingerprint density at radius 1 is 1.22 bits per heavy atom. The first-order valence-corrected chi connectivity index (χ1v) is 7.61. The zero-order valence-electron chi connectivity index (χ0n) is 13.0. The molecule has 0 aliphatic carbocycles. The molecule has 0 spiro atoms. The quantitative estimate of drug-likeness (QED) is 0.876. The third kappa shape index (κ3) is 3.41. The molecule has 116 valence electrons. The molecule has 2 aromatic rings. The number of benzene rings is 2. The molecule has 23 heavy (non-hydrogen) atoms. The number of rotatable bonds is 3. The number of fused-ring (bicyclic) bond motifs is 1. The minimum Gasteiger partial charge on any atom is -0.371 e. The Balaban J connectivity index is 1.64. The molecule has 4 nitrogen and oxygen atoms in total. The highest BCUT2D eigenvalue weighted by Crippen LogP contribution is 2.21. The maximum absolute atomic E-state index is 12.5. The molecular weight excluding hydrogens is 288 g/mol. The highest BCUT2D eigenvalue weighted by Gasteiger charge is 2.22. The van der Waals surface area contributed by atoms with Gasteiger partial charge in [0, 0.05) is 25.6 Å². The summed E-state index contributed by atoms with van der Waals surface area (Å²) in [7, 11) is 1.78. The van der Waals surface area contributed by atoms with Gasteiger partial charge in [0.25, 0.3) is 5.91 Å². The molecule has 0 saturated heterocycles. The number of hydrogen-bond donors (Lipinski definition) is 0. The Bertz CT molecular complexity index is 747. The van der Waals surface area contributed by atoms with Crippen LogP contribution in [0.15, 0.2) is 48.5 Å². The molecule has 0 aromatic heterocycles. The number of nitrogens with zero attached hydrogens (tertiary/aromatic N) is 2. The second kappa shape index (κ2) is 6.64. The first kappa shape index (κ1) is 15.3. The van der Waals surface area contributed by atoms with Crippen LogP contribution in [-0.4, -0.2) is 30.5 Å². The zero-order valence-corrected chi connectivity index (χ0v) is 13.0. The maximum Gasteiger partial charge on any atom is 0.253 e. The lowest BCUT2D eigenvalue weighted by Gasteiger charge is -2.29. The molecule has 0 radical (unpaired) electrons. The number of amides is 1. The lowest BCUT2D eigenvalue weighted by molar-refractivity contribution is 0.00985. The molecule has 1 aliphatic rings. The fourth-order valence-corrected chi connectivity index (χ4v) is 2.82. The van der Waals surface area contributed by atoms with Crippen molar-refractivity contribution in [3.8, 4) is 6.07 Å². The van der Waals surface area contributed by atoms with Gasteiger partial charge in [-0.2, -0.15) is 5.26 Å². The number of carbonyl (C=O) groups is 1. The van der Waals surface area contributed by atoms with Crippen LogP contribution in [-0.2, 0) is 17.8 Å². The van der Waals surface area contributed by atoms with E-state index in [1.807, 2.05) is 12.1 Å². The van der Waals surface area contributed by atoms with Crippen LogP contribution in [0.25, 0.3) is 0 Å². The molecule has 0 fully saturated rings. The average molecular weight is 306 g/mol. The van der Waals surface area contributed by atoms with Gasteiger partial charge in [-0.05, 0) is 35.4 Å². The van der Waals surface area contributed by atoms with Crippen molar-refractivity contribution in [2.75, 3.05) is 13.6 Å². The smallest absolute Gasteiger partial charge is 0.253 e. The van der Waals surface area contributed by atoms with E-state index in [4.69, 9.17) is 10.00 Å². The zero-order chi connectivity index (χ0) is 16.2. The van der Waals surface area contributed by atoms with Crippen LogP contribution in [0.3, 0.4) is 0 Å². The fourth-order valence-electron chi connectivity index (χ4n) is 2.82. The summed E-state index contributed by atoms with van der Waals surface area (Å²) in [5, 5.41) is 8.81. The molecule has 1 atom stereocenters. The number of hydrogen-bond acceptors (Lipinski definition) is 3. The predicted octanol–water partition coefficient (Wildman–Crippen LogP) is 2.77. The highest BCUT2D eigenvalue weighted by atomic mass is 16.5. The third-order valence-electron chi connectivity index (χ3n) is 4.13. The Labute approximate surface area is 135 Å². The molecule has 1 amide bonds. The topological polar surface area (TPSA) is 53.3 Å². The van der Waals surface area contributed by atoms with Gasteiger partial charge in [-0.25, -0.2) is 0 Å². The van der Waals surface area contributed by atoms with Crippen molar-refractivity contribution in [1.29, 1.82) is 5.26 Å². The molecular formula is C19H18N2O2. The van der Waals surface area contributed by atoms with Gasteiger partial charge in [-0.3, -0.25) is 4.79 Å². The summed E-state index contributed by atoms with van der Waals surface area (Å²) in [4.78, 5) is 14.1. The van der Waals surface area contributed by atoms with E-state index in [0.717, 1.165) is 6.42 Å². The van der Waals surface area contributed by atoms with E-state index in [0.29, 0.717) is 24.3 Å². The van der Waals surface area contributed by atoms with Gasteiger partial charge in [-0.15, -0.1) is 0 Å². The van der Waals surface area contributed by atoms with Gasteiger partial charge < -0.3 is 9.64 Å². The summed E-state index contributed by atoms with van der Waals surface area (Å²) in [5.41, 5.74) is 3.66. The number of ether oxygens (including phenoxy) is 1. The van der Waals surface area contributed by atoms with E-state index < -0.39 is 0 Å². The molecule has 1 aliphatic heterocycles. The van der Waals surface area contributed by atoms with Crippen LogP contribution < -0.4 is 0 Å². The number of nitriles is 1. The summed E-state index contributed by atoms with van der Waals surface area (Å²) >= 11 is 0. The van der Waals surface area contributed by atoms with Crippen LogP contribution in [0.2, 0.25) is 0 Å². The first-order valence-electron chi connectivity index (χ1n) is 7.61. The monoisotopic (exact) mass is 306 g/mol. The molecule has 0 saturated carbocycles. The SMILES string of the molecule is CN(CC1Cc2ccccc2CO1)C(=O)c1ccc(C#N)cc1. The van der Waals surface area contributed by atoms with E-state index in [2.05, 4.69) is 18.2 Å². The van der Waals surface area contributed by atoms with Crippen molar-refractivity contribution in [2.45, 2.75) is 19.1 Å². The van der Waals surface area contributed by atoms with Gasteiger partial charge in [0.2, 0.25) is 0 Å². The molecule has 4 heteroatoms. The minimum absolute atomic E-state index is 0.0113. The van der Waals surface area contributed by atoms with Crippen molar-refractivity contribution < 1.29 is 9.53 Å².